The first-order valence-corrected chi connectivity index (χ1v) is 3.21. The summed E-state index contributed by atoms with van der Waals surface area (Å²) in [7, 11) is -0.305. The zero-order chi connectivity index (χ0) is 6.53. The molecule has 0 bridgehead atoms. The van der Waals surface area contributed by atoms with E-state index >= 15 is 0 Å². The first-order chi connectivity index (χ1) is 4.43. The number of benzene rings is 1. The molecule has 0 saturated carbocycles. The van der Waals surface area contributed by atoms with Gasteiger partial charge in [-0.05, 0) is 12.1 Å². The van der Waals surface area contributed by atoms with E-state index in [0.717, 1.165) is 0 Å². The van der Waals surface area contributed by atoms with Crippen molar-refractivity contribution in [3.05, 3.63) is 30.3 Å². The summed E-state index contributed by atoms with van der Waals surface area (Å²) in [4.78, 5) is 0. The normalized spacial score (nSPS) is 8.40. The summed E-state index contributed by atoms with van der Waals surface area (Å²) < 4.78 is 14.5. The Morgan fingerprint density at radius 2 is 1.80 bits per heavy atom. The molecule has 0 aromatic heterocycles. The molecule has 0 amide bonds. The Morgan fingerprint density at radius 3 is 2.30 bits per heavy atom. The van der Waals surface area contributed by atoms with Crippen LogP contribution in [-0.4, -0.2) is 37.7 Å². The Bertz CT molecular complexity index is 190. The summed E-state index contributed by atoms with van der Waals surface area (Å²) in [5, 5.41) is 0. The molecule has 0 spiro atoms. The van der Waals surface area contributed by atoms with E-state index in [4.69, 9.17) is 0 Å². The van der Waals surface area contributed by atoms with Gasteiger partial charge in [-0.15, -0.1) is 0 Å². The van der Waals surface area contributed by atoms with Crippen LogP contribution in [0.2, 0.25) is 0 Å². The summed E-state index contributed by atoms with van der Waals surface area (Å²) in [6.45, 7) is 0. The van der Waals surface area contributed by atoms with Gasteiger partial charge in [-0.1, -0.05) is 18.2 Å². The van der Waals surface area contributed by atoms with Crippen LogP contribution in [0.4, 0.5) is 0 Å². The molecule has 10 heavy (non-hydrogen) atoms. The molecule has 0 heterocycles. The van der Waals surface area contributed by atoms with Crippen LogP contribution in [0.1, 0.15) is 0 Å². The summed E-state index contributed by atoms with van der Waals surface area (Å²) >= 11 is 0. The summed E-state index contributed by atoms with van der Waals surface area (Å²) in [6, 6.07) is 8.99. The molecule has 4 heteroatoms. The fourth-order valence-electron chi connectivity index (χ4n) is 0.524. The van der Waals surface area contributed by atoms with Crippen LogP contribution >= 0.6 is 8.69 Å². The second-order valence-corrected chi connectivity index (χ2v) is 1.81. The van der Waals surface area contributed by atoms with E-state index in [2.05, 4.69) is 4.52 Å². The standard InChI is InChI=1S/C6H5O2P.Ca.2H/c7-9-8-6-4-2-1-3-5-6;;;/h1-5H;;;. The van der Waals surface area contributed by atoms with E-state index in [-0.39, 0.29) is 46.4 Å². The maximum absolute atomic E-state index is 9.85. The van der Waals surface area contributed by atoms with E-state index < -0.39 is 0 Å². The molecule has 2 nitrogen and oxygen atoms in total. The zero-order valence-electron chi connectivity index (χ0n) is 4.65. The molecule has 0 unspecified atom stereocenters. The molecule has 50 valence electrons. The van der Waals surface area contributed by atoms with Crippen LogP contribution in [0, 0.1) is 0 Å². The summed E-state index contributed by atoms with van der Waals surface area (Å²) in [5.74, 6) is 0.620. The van der Waals surface area contributed by atoms with Crippen molar-refractivity contribution in [3.8, 4) is 5.75 Å². The van der Waals surface area contributed by atoms with Crippen LogP contribution in [-0.2, 0) is 4.57 Å². The molecule has 1 rings (SSSR count). The molecule has 0 N–H and O–H groups in total. The maximum atomic E-state index is 9.85. The second kappa shape index (κ2) is 6.11. The van der Waals surface area contributed by atoms with Crippen LogP contribution in [0.5, 0.6) is 5.75 Å². The Kier molecular flexibility index (Phi) is 6.35. The molecular formula is C6H7CaO2P. The van der Waals surface area contributed by atoms with Crippen molar-refractivity contribution >= 4 is 46.4 Å². The first-order valence-electron chi connectivity index (χ1n) is 2.48. The van der Waals surface area contributed by atoms with Crippen molar-refractivity contribution in [1.29, 1.82) is 0 Å². The van der Waals surface area contributed by atoms with Crippen molar-refractivity contribution < 1.29 is 9.09 Å². The van der Waals surface area contributed by atoms with Crippen LogP contribution in [0.15, 0.2) is 30.3 Å². The monoisotopic (exact) mass is 182 g/mol. The number of hydrogen-bond donors (Lipinski definition) is 0. The van der Waals surface area contributed by atoms with Gasteiger partial charge in [-0.25, -0.2) is 4.57 Å². The molecule has 0 aliphatic carbocycles. The minimum atomic E-state index is -0.305. The predicted molar refractivity (Wildman–Crippen MR) is 43.2 cm³/mol. The van der Waals surface area contributed by atoms with Gasteiger partial charge < -0.3 is 4.52 Å². The third-order valence-corrected chi connectivity index (χ3v) is 1.17. The molecule has 0 atom stereocenters. The van der Waals surface area contributed by atoms with E-state index in [9.17, 15) is 4.57 Å². The van der Waals surface area contributed by atoms with Crippen molar-refractivity contribution in [2.45, 2.75) is 0 Å². The van der Waals surface area contributed by atoms with Gasteiger partial charge in [0.2, 0.25) is 0 Å². The van der Waals surface area contributed by atoms with Gasteiger partial charge in [0.25, 0.3) is 0 Å². The molecule has 0 radical (unpaired) electrons. The quantitative estimate of drug-likeness (QED) is 0.510. The molecule has 0 saturated heterocycles. The van der Waals surface area contributed by atoms with Crippen LogP contribution in [0.3, 0.4) is 0 Å². The second-order valence-electron chi connectivity index (χ2n) is 1.48. The molecular weight excluding hydrogens is 175 g/mol. The van der Waals surface area contributed by atoms with Gasteiger partial charge >= 0.3 is 46.4 Å². The third kappa shape index (κ3) is 3.52. The average molecular weight is 182 g/mol. The fraction of sp³-hybridized carbons (Fsp3) is 0. The predicted octanol–water partition coefficient (Wildman–Crippen LogP) is 1.36. The molecule has 1 aromatic rings. The Labute approximate surface area is 90.9 Å². The van der Waals surface area contributed by atoms with E-state index in [0.29, 0.717) is 5.75 Å². The van der Waals surface area contributed by atoms with Crippen LogP contribution < -0.4 is 4.52 Å². The number of rotatable bonds is 2. The zero-order valence-corrected chi connectivity index (χ0v) is 5.54. The Balaban J connectivity index is 0.000000810. The summed E-state index contributed by atoms with van der Waals surface area (Å²) in [5.41, 5.74) is 0. The topological polar surface area (TPSA) is 26.3 Å². The van der Waals surface area contributed by atoms with Gasteiger partial charge in [0, 0.05) is 0 Å². The van der Waals surface area contributed by atoms with Gasteiger partial charge in [0.1, 0.15) is 5.75 Å². The SMILES string of the molecule is O=POc1ccccc1.[CaH2]. The molecule has 0 fully saturated rings. The minimum absolute atomic E-state index is 0. The molecule has 0 aliphatic heterocycles. The van der Waals surface area contributed by atoms with E-state index in [1.165, 1.54) is 0 Å². The van der Waals surface area contributed by atoms with Crippen molar-refractivity contribution in [1.82, 2.24) is 0 Å². The van der Waals surface area contributed by atoms with E-state index in [1.807, 2.05) is 18.2 Å². The van der Waals surface area contributed by atoms with Gasteiger partial charge in [-0.2, -0.15) is 0 Å². The Morgan fingerprint density at radius 1 is 1.20 bits per heavy atom. The fourth-order valence-corrected chi connectivity index (χ4v) is 0.732. The summed E-state index contributed by atoms with van der Waals surface area (Å²) in [6.07, 6.45) is 0. The van der Waals surface area contributed by atoms with Gasteiger partial charge in [-0.3, -0.25) is 0 Å². The third-order valence-electron chi connectivity index (χ3n) is 0.886. The van der Waals surface area contributed by atoms with Gasteiger partial charge in [0.15, 0.2) is 0 Å². The Hall–Kier alpha value is 0.380. The van der Waals surface area contributed by atoms with Gasteiger partial charge in [0.05, 0.1) is 0 Å². The van der Waals surface area contributed by atoms with Crippen molar-refractivity contribution in [2.24, 2.45) is 0 Å². The van der Waals surface area contributed by atoms with Crippen molar-refractivity contribution in [2.75, 3.05) is 0 Å². The van der Waals surface area contributed by atoms with Crippen LogP contribution in [0.25, 0.3) is 0 Å². The average Bonchev–Trinajstić information content (AvgIpc) is 1.91. The number of para-hydroxylation sites is 1. The molecule has 0 aliphatic rings. The van der Waals surface area contributed by atoms with Crippen molar-refractivity contribution in [3.63, 3.8) is 0 Å². The number of hydrogen-bond acceptors (Lipinski definition) is 2. The molecule has 1 aromatic carbocycles. The van der Waals surface area contributed by atoms with E-state index in [1.54, 1.807) is 12.1 Å². The first kappa shape index (κ1) is 10.4.